The Kier molecular flexibility index (Phi) is 5.03. The molecule has 0 heterocycles. The van der Waals surface area contributed by atoms with Gasteiger partial charge in [0, 0.05) is 0 Å². The third-order valence-electron chi connectivity index (χ3n) is 1.16. The minimum atomic E-state index is -0.425. The highest BCUT2D eigenvalue weighted by molar-refractivity contribution is 5.84. The summed E-state index contributed by atoms with van der Waals surface area (Å²) in [6.45, 7) is 3.62. The van der Waals surface area contributed by atoms with Crippen LogP contribution in [0.2, 0.25) is 0 Å². The van der Waals surface area contributed by atoms with Crippen molar-refractivity contribution in [2.24, 2.45) is 0 Å². The Morgan fingerprint density at radius 2 is 2.17 bits per heavy atom. The van der Waals surface area contributed by atoms with Crippen molar-refractivity contribution < 1.29 is 20.1 Å². The first kappa shape index (κ1) is 10.9. The summed E-state index contributed by atoms with van der Waals surface area (Å²) in [5, 5.41) is 2.39. The molecule has 1 atom stereocenters. The molecule has 5 heteroatoms. The number of carbonyl (C=O) groups is 2. The molecule has 0 aromatic carbocycles. The van der Waals surface area contributed by atoms with E-state index in [9.17, 15) is 9.59 Å². The fraction of sp³-hybridized carbons (Fsp3) is 0.714. The Hall–Kier alpha value is -1.10. The summed E-state index contributed by atoms with van der Waals surface area (Å²) in [6.07, 6.45) is 0. The van der Waals surface area contributed by atoms with Gasteiger partial charge in [-0.05, 0) is 13.8 Å². The zero-order chi connectivity index (χ0) is 9.56. The van der Waals surface area contributed by atoms with Crippen molar-refractivity contribution in [1.82, 2.24) is 5.32 Å². The van der Waals surface area contributed by atoms with E-state index in [4.69, 9.17) is 0 Å². The molecular formula is C7H15N2O3+. The van der Waals surface area contributed by atoms with E-state index in [1.54, 1.807) is 13.8 Å². The lowest BCUT2D eigenvalue weighted by Gasteiger charge is -2.04. The van der Waals surface area contributed by atoms with Crippen LogP contribution in [0.3, 0.4) is 0 Å². The van der Waals surface area contributed by atoms with Gasteiger partial charge in [-0.25, -0.2) is 0 Å². The topological polar surface area (TPSA) is 83.0 Å². The van der Waals surface area contributed by atoms with Crippen molar-refractivity contribution in [3.63, 3.8) is 0 Å². The SMILES string of the molecule is CCOC(=O)CNC(=O)C(C)[NH3+]. The molecule has 0 aromatic rings. The highest BCUT2D eigenvalue weighted by Gasteiger charge is 2.11. The normalized spacial score (nSPS) is 11.9. The number of hydrogen-bond acceptors (Lipinski definition) is 3. The van der Waals surface area contributed by atoms with E-state index in [1.807, 2.05) is 0 Å². The Morgan fingerprint density at radius 3 is 2.58 bits per heavy atom. The summed E-state index contributed by atoms with van der Waals surface area (Å²) in [5.41, 5.74) is 3.50. The smallest absolute Gasteiger partial charge is 0.325 e. The van der Waals surface area contributed by atoms with Gasteiger partial charge in [0.2, 0.25) is 0 Å². The molecule has 4 N–H and O–H groups in total. The Balaban J connectivity index is 3.54. The maximum atomic E-state index is 10.9. The predicted octanol–water partition coefficient (Wildman–Crippen LogP) is -1.70. The largest absolute Gasteiger partial charge is 0.465 e. The van der Waals surface area contributed by atoms with E-state index in [1.165, 1.54) is 0 Å². The molecule has 0 aliphatic heterocycles. The van der Waals surface area contributed by atoms with Crippen molar-refractivity contribution in [2.75, 3.05) is 13.2 Å². The monoisotopic (exact) mass is 175 g/mol. The van der Waals surface area contributed by atoms with Gasteiger partial charge in [0.05, 0.1) is 6.61 Å². The molecule has 0 aliphatic carbocycles. The van der Waals surface area contributed by atoms with E-state index < -0.39 is 5.97 Å². The second-order valence-corrected chi connectivity index (χ2v) is 2.42. The third-order valence-corrected chi connectivity index (χ3v) is 1.16. The van der Waals surface area contributed by atoms with Gasteiger partial charge in [-0.1, -0.05) is 0 Å². The highest BCUT2D eigenvalue weighted by atomic mass is 16.5. The number of carbonyl (C=O) groups excluding carboxylic acids is 2. The fourth-order valence-corrected chi connectivity index (χ4v) is 0.546. The van der Waals surface area contributed by atoms with Crippen LogP contribution in [0.25, 0.3) is 0 Å². The van der Waals surface area contributed by atoms with Crippen LogP contribution in [0.15, 0.2) is 0 Å². The van der Waals surface area contributed by atoms with Gasteiger partial charge in [-0.15, -0.1) is 0 Å². The van der Waals surface area contributed by atoms with Crippen LogP contribution in [0.4, 0.5) is 0 Å². The van der Waals surface area contributed by atoms with Crippen molar-refractivity contribution in [3.8, 4) is 0 Å². The van der Waals surface area contributed by atoms with Crippen molar-refractivity contribution >= 4 is 11.9 Å². The van der Waals surface area contributed by atoms with Crippen LogP contribution < -0.4 is 11.1 Å². The first-order valence-corrected chi connectivity index (χ1v) is 3.84. The van der Waals surface area contributed by atoms with Gasteiger partial charge < -0.3 is 15.8 Å². The van der Waals surface area contributed by atoms with Crippen LogP contribution in [-0.2, 0) is 14.3 Å². The zero-order valence-corrected chi connectivity index (χ0v) is 7.42. The number of hydrogen-bond donors (Lipinski definition) is 2. The van der Waals surface area contributed by atoms with Gasteiger partial charge in [0.25, 0.3) is 5.91 Å². The number of quaternary nitrogens is 1. The molecule has 0 aliphatic rings. The molecule has 70 valence electrons. The molecule has 0 spiro atoms. The molecule has 5 nitrogen and oxygen atoms in total. The van der Waals surface area contributed by atoms with Crippen LogP contribution in [-0.4, -0.2) is 31.1 Å². The average Bonchev–Trinajstić information content (AvgIpc) is 2.00. The quantitative estimate of drug-likeness (QED) is 0.499. The summed E-state index contributed by atoms with van der Waals surface area (Å²) in [5.74, 6) is -0.672. The molecule has 0 rings (SSSR count). The maximum Gasteiger partial charge on any atom is 0.325 e. The van der Waals surface area contributed by atoms with Crippen molar-refractivity contribution in [1.29, 1.82) is 0 Å². The molecule has 0 fully saturated rings. The number of nitrogens with one attached hydrogen (secondary N) is 1. The number of esters is 1. The summed E-state index contributed by atoms with van der Waals surface area (Å²) in [4.78, 5) is 21.6. The van der Waals surface area contributed by atoms with Gasteiger partial charge in [0.15, 0.2) is 6.04 Å². The zero-order valence-electron chi connectivity index (χ0n) is 7.42. The summed E-state index contributed by atoms with van der Waals surface area (Å²) >= 11 is 0. The van der Waals surface area contributed by atoms with Crippen LogP contribution >= 0.6 is 0 Å². The molecular weight excluding hydrogens is 160 g/mol. The van der Waals surface area contributed by atoms with Crippen LogP contribution in [0, 0.1) is 0 Å². The Bertz CT molecular complexity index is 168. The molecule has 0 saturated carbocycles. The Labute approximate surface area is 71.3 Å². The first-order valence-electron chi connectivity index (χ1n) is 3.84. The lowest BCUT2D eigenvalue weighted by atomic mass is 10.3. The van der Waals surface area contributed by atoms with Crippen molar-refractivity contribution in [2.45, 2.75) is 19.9 Å². The van der Waals surface area contributed by atoms with Crippen LogP contribution in [0.1, 0.15) is 13.8 Å². The number of ether oxygens (including phenoxy) is 1. The summed E-state index contributed by atoms with van der Waals surface area (Å²) in [6, 6.07) is -0.348. The Morgan fingerprint density at radius 1 is 1.58 bits per heavy atom. The van der Waals surface area contributed by atoms with E-state index in [2.05, 4.69) is 15.8 Å². The summed E-state index contributed by atoms with van der Waals surface area (Å²) < 4.78 is 4.60. The first-order chi connectivity index (χ1) is 5.57. The second kappa shape index (κ2) is 5.54. The van der Waals surface area contributed by atoms with Crippen LogP contribution in [0.5, 0.6) is 0 Å². The van der Waals surface area contributed by atoms with Gasteiger partial charge >= 0.3 is 5.97 Å². The lowest BCUT2D eigenvalue weighted by Crippen LogP contribution is -2.66. The molecule has 12 heavy (non-hydrogen) atoms. The number of amides is 1. The number of rotatable bonds is 4. The van der Waals surface area contributed by atoms with Gasteiger partial charge in [0.1, 0.15) is 6.54 Å². The van der Waals surface area contributed by atoms with E-state index in [0.29, 0.717) is 6.61 Å². The van der Waals surface area contributed by atoms with Gasteiger partial charge in [-0.2, -0.15) is 0 Å². The molecule has 1 amide bonds. The highest BCUT2D eigenvalue weighted by Crippen LogP contribution is 1.76. The molecule has 0 radical (unpaired) electrons. The van der Waals surface area contributed by atoms with E-state index in [0.717, 1.165) is 0 Å². The molecule has 0 saturated heterocycles. The second-order valence-electron chi connectivity index (χ2n) is 2.42. The maximum absolute atomic E-state index is 10.9. The van der Waals surface area contributed by atoms with E-state index in [-0.39, 0.29) is 18.5 Å². The van der Waals surface area contributed by atoms with E-state index >= 15 is 0 Å². The minimum Gasteiger partial charge on any atom is -0.465 e. The lowest BCUT2D eigenvalue weighted by molar-refractivity contribution is -0.398. The third kappa shape index (κ3) is 4.68. The fourth-order valence-electron chi connectivity index (χ4n) is 0.546. The van der Waals surface area contributed by atoms with Gasteiger partial charge in [-0.3, -0.25) is 9.59 Å². The van der Waals surface area contributed by atoms with Crippen molar-refractivity contribution in [3.05, 3.63) is 0 Å². The summed E-state index contributed by atoms with van der Waals surface area (Å²) in [7, 11) is 0. The minimum absolute atomic E-state index is 0.0769. The molecule has 1 unspecified atom stereocenters. The standard InChI is InChI=1S/C7H14N2O3/c1-3-12-6(10)4-9-7(11)5(2)8/h5H,3-4,8H2,1-2H3,(H,9,11)/p+1. The average molecular weight is 175 g/mol. The predicted molar refractivity (Wildman–Crippen MR) is 42.0 cm³/mol. The molecule has 0 aromatic heterocycles. The molecule has 0 bridgehead atoms.